The molecule has 0 bridgehead atoms. The molecule has 2 aliphatic rings. The zero-order valence-corrected chi connectivity index (χ0v) is 16.1. The van der Waals surface area contributed by atoms with Crippen molar-refractivity contribution >= 4 is 27.1 Å². The van der Waals surface area contributed by atoms with E-state index in [4.69, 9.17) is 0 Å². The molecule has 0 aromatic heterocycles. The van der Waals surface area contributed by atoms with Crippen LogP contribution in [0.5, 0.6) is 0 Å². The number of carbonyl (C=O) groups is 1. The van der Waals surface area contributed by atoms with Gasteiger partial charge in [-0.05, 0) is 31.4 Å². The van der Waals surface area contributed by atoms with Crippen LogP contribution in [0.3, 0.4) is 0 Å². The maximum absolute atomic E-state index is 12.8. The second-order valence-corrected chi connectivity index (χ2v) is 9.48. The number of sulfone groups is 1. The van der Waals surface area contributed by atoms with Crippen LogP contribution >= 0.6 is 0 Å². The van der Waals surface area contributed by atoms with E-state index in [0.717, 1.165) is 25.0 Å². The van der Waals surface area contributed by atoms with Crippen molar-refractivity contribution in [2.45, 2.75) is 43.9 Å². The summed E-state index contributed by atoms with van der Waals surface area (Å²) in [5, 5.41) is 13.8. The fraction of sp³-hybridized carbons (Fsp3) is 0.588. The van der Waals surface area contributed by atoms with E-state index in [1.807, 2.05) is 0 Å². The number of benzene rings is 1. The van der Waals surface area contributed by atoms with Crippen LogP contribution in [0.2, 0.25) is 0 Å². The predicted molar refractivity (Wildman–Crippen MR) is 98.1 cm³/mol. The molecular formula is C17H20F3N3O5S. The Morgan fingerprint density at radius 3 is 2.45 bits per heavy atom. The largest absolute Gasteiger partial charge is 0.416 e. The standard InChI is InChI=1S/C17H20F3N3O5S/c18-17(19,20)11-1-4-14(15(9-11)23(25)26)21-7-5-16(24)22(12-2-3-12)13-6-8-29(27,28)10-13/h1,4,9,12-13,21H,2-3,5-8,10H2. The van der Waals surface area contributed by atoms with E-state index < -0.39 is 32.2 Å². The topological polar surface area (TPSA) is 110 Å². The van der Waals surface area contributed by atoms with Crippen LogP contribution in [0.15, 0.2) is 18.2 Å². The van der Waals surface area contributed by atoms with Crippen molar-refractivity contribution < 1.29 is 31.3 Å². The van der Waals surface area contributed by atoms with Crippen molar-refractivity contribution in [3.63, 3.8) is 0 Å². The maximum atomic E-state index is 12.8. The van der Waals surface area contributed by atoms with Gasteiger partial charge in [0.15, 0.2) is 9.84 Å². The molecule has 1 aromatic carbocycles. The number of alkyl halides is 3. The second-order valence-electron chi connectivity index (χ2n) is 7.25. The van der Waals surface area contributed by atoms with Crippen LogP contribution < -0.4 is 5.32 Å². The van der Waals surface area contributed by atoms with Crippen LogP contribution in [0.25, 0.3) is 0 Å². The third-order valence-electron chi connectivity index (χ3n) is 5.01. The smallest absolute Gasteiger partial charge is 0.379 e. The first-order valence-corrected chi connectivity index (χ1v) is 10.9. The number of nitro benzene ring substituents is 1. The van der Waals surface area contributed by atoms with E-state index >= 15 is 0 Å². The Morgan fingerprint density at radius 2 is 1.93 bits per heavy atom. The van der Waals surface area contributed by atoms with Crippen molar-refractivity contribution in [2.75, 3.05) is 23.4 Å². The van der Waals surface area contributed by atoms with Crippen molar-refractivity contribution in [3.05, 3.63) is 33.9 Å². The molecule has 1 amide bonds. The number of amides is 1. The lowest BCUT2D eigenvalue weighted by atomic mass is 10.1. The number of halogens is 3. The molecule has 2 fully saturated rings. The van der Waals surface area contributed by atoms with Gasteiger partial charge in [-0.25, -0.2) is 8.42 Å². The van der Waals surface area contributed by atoms with E-state index in [2.05, 4.69) is 5.32 Å². The van der Waals surface area contributed by atoms with Gasteiger partial charge in [0.2, 0.25) is 5.91 Å². The lowest BCUT2D eigenvalue weighted by Gasteiger charge is -2.28. The molecule has 0 spiro atoms. The number of carbonyl (C=O) groups excluding carboxylic acids is 1. The first-order valence-electron chi connectivity index (χ1n) is 9.09. The maximum Gasteiger partial charge on any atom is 0.416 e. The van der Waals surface area contributed by atoms with Crippen LogP contribution in [-0.4, -0.2) is 54.3 Å². The van der Waals surface area contributed by atoms with Crippen LogP contribution in [0.1, 0.15) is 31.2 Å². The number of nitrogens with zero attached hydrogens (tertiary/aromatic N) is 2. The quantitative estimate of drug-likeness (QED) is 0.521. The molecule has 1 heterocycles. The molecule has 12 heteroatoms. The van der Waals surface area contributed by atoms with Crippen molar-refractivity contribution in [1.29, 1.82) is 0 Å². The SMILES string of the molecule is O=C(CCNc1ccc(C(F)(F)F)cc1[N+](=O)[O-])N(C1CC1)C1CCS(=O)(=O)C1. The number of nitrogens with one attached hydrogen (secondary N) is 1. The number of nitro groups is 1. The average molecular weight is 435 g/mol. The number of hydrogen-bond donors (Lipinski definition) is 1. The zero-order valence-electron chi connectivity index (χ0n) is 15.3. The fourth-order valence-electron chi connectivity index (χ4n) is 3.49. The average Bonchev–Trinajstić information content (AvgIpc) is 3.37. The first-order chi connectivity index (χ1) is 13.5. The summed E-state index contributed by atoms with van der Waals surface area (Å²) in [5.41, 5.74) is -1.97. The Hall–Kier alpha value is -2.37. The molecule has 1 unspecified atom stereocenters. The molecule has 29 heavy (non-hydrogen) atoms. The molecule has 1 saturated carbocycles. The summed E-state index contributed by atoms with van der Waals surface area (Å²) in [6, 6.07) is 1.80. The number of hydrogen-bond acceptors (Lipinski definition) is 6. The Labute approximate surface area is 165 Å². The summed E-state index contributed by atoms with van der Waals surface area (Å²) in [7, 11) is -3.15. The highest BCUT2D eigenvalue weighted by Crippen LogP contribution is 2.35. The van der Waals surface area contributed by atoms with E-state index in [1.165, 1.54) is 0 Å². The van der Waals surface area contributed by atoms with Gasteiger partial charge in [-0.1, -0.05) is 0 Å². The van der Waals surface area contributed by atoms with E-state index in [1.54, 1.807) is 4.90 Å². The molecule has 1 atom stereocenters. The van der Waals surface area contributed by atoms with E-state index in [9.17, 15) is 36.5 Å². The normalized spacial score (nSPS) is 21.0. The lowest BCUT2D eigenvalue weighted by molar-refractivity contribution is -0.384. The molecule has 160 valence electrons. The number of anilines is 1. The minimum atomic E-state index is -4.70. The molecule has 3 rings (SSSR count). The zero-order chi connectivity index (χ0) is 21.4. The summed E-state index contributed by atoms with van der Waals surface area (Å²) >= 11 is 0. The van der Waals surface area contributed by atoms with Gasteiger partial charge in [0.05, 0.1) is 22.0 Å². The molecule has 1 N–H and O–H groups in total. The third kappa shape index (κ3) is 5.17. The van der Waals surface area contributed by atoms with Gasteiger partial charge in [0, 0.05) is 31.1 Å². The monoisotopic (exact) mass is 435 g/mol. The third-order valence-corrected chi connectivity index (χ3v) is 6.76. The molecule has 1 aliphatic carbocycles. The van der Waals surface area contributed by atoms with Gasteiger partial charge in [-0.2, -0.15) is 13.2 Å². The van der Waals surface area contributed by atoms with Crippen molar-refractivity contribution in [3.8, 4) is 0 Å². The Morgan fingerprint density at radius 1 is 1.24 bits per heavy atom. The van der Waals surface area contributed by atoms with Crippen molar-refractivity contribution in [1.82, 2.24) is 4.90 Å². The minimum absolute atomic E-state index is 0.0150. The van der Waals surface area contributed by atoms with Crippen LogP contribution in [0, 0.1) is 10.1 Å². The Bertz CT molecular complexity index is 915. The van der Waals surface area contributed by atoms with E-state index in [-0.39, 0.29) is 48.1 Å². The predicted octanol–water partition coefficient (Wildman–Crippen LogP) is 2.59. The first kappa shape index (κ1) is 21.3. The van der Waals surface area contributed by atoms with Gasteiger partial charge < -0.3 is 10.2 Å². The lowest BCUT2D eigenvalue weighted by Crippen LogP contribution is -2.43. The summed E-state index contributed by atoms with van der Waals surface area (Å²) in [6.07, 6.45) is -2.75. The van der Waals surface area contributed by atoms with Gasteiger partial charge in [-0.3, -0.25) is 14.9 Å². The second kappa shape index (κ2) is 7.81. The summed E-state index contributed by atoms with van der Waals surface area (Å²) < 4.78 is 61.7. The number of rotatable bonds is 7. The van der Waals surface area contributed by atoms with Crippen molar-refractivity contribution in [2.24, 2.45) is 0 Å². The Kier molecular flexibility index (Phi) is 5.74. The highest BCUT2D eigenvalue weighted by Gasteiger charge is 2.41. The summed E-state index contributed by atoms with van der Waals surface area (Å²) in [6.45, 7) is -0.0201. The van der Waals surface area contributed by atoms with E-state index in [0.29, 0.717) is 12.5 Å². The molecule has 8 nitrogen and oxygen atoms in total. The Balaban J connectivity index is 1.64. The summed E-state index contributed by atoms with van der Waals surface area (Å²) in [4.78, 5) is 24.4. The summed E-state index contributed by atoms with van der Waals surface area (Å²) in [5.74, 6) is -0.284. The van der Waals surface area contributed by atoms with Crippen LogP contribution in [0.4, 0.5) is 24.5 Å². The molecule has 1 aromatic rings. The minimum Gasteiger partial charge on any atom is -0.379 e. The molecule has 1 saturated heterocycles. The molecule has 0 radical (unpaired) electrons. The highest BCUT2D eigenvalue weighted by atomic mass is 32.2. The van der Waals surface area contributed by atoms with Gasteiger partial charge in [0.25, 0.3) is 5.69 Å². The highest BCUT2D eigenvalue weighted by molar-refractivity contribution is 7.91. The van der Waals surface area contributed by atoms with Gasteiger partial charge in [-0.15, -0.1) is 0 Å². The van der Waals surface area contributed by atoms with Gasteiger partial charge in [0.1, 0.15) is 5.69 Å². The van der Waals surface area contributed by atoms with Crippen LogP contribution in [-0.2, 0) is 20.8 Å². The molecular weight excluding hydrogens is 415 g/mol. The van der Waals surface area contributed by atoms with Gasteiger partial charge >= 0.3 is 6.18 Å². The molecule has 1 aliphatic heterocycles. The fourth-order valence-corrected chi connectivity index (χ4v) is 5.21.